The Balaban J connectivity index is 3.42. The molecule has 0 heterocycles. The molecule has 1 aromatic rings. The Kier molecular flexibility index (Phi) is 5.25. The Labute approximate surface area is 114 Å². The summed E-state index contributed by atoms with van der Waals surface area (Å²) in [4.78, 5) is 3.17. The molecule has 1 atom stereocenters. The van der Waals surface area contributed by atoms with Gasteiger partial charge in [0.1, 0.15) is 0 Å². The van der Waals surface area contributed by atoms with Gasteiger partial charge >= 0.3 is 0 Å². The summed E-state index contributed by atoms with van der Waals surface area (Å²) in [5.41, 5.74) is 0.528. The number of aliphatic hydroxyl groups is 1. The number of aliphatic hydroxyl groups excluding tert-OH is 1. The SMILES string of the molecule is [C-]#[N+]CC(O)c1cc(OC)c(OC)c(OC)c1Br. The molecule has 0 spiro atoms. The van der Waals surface area contributed by atoms with E-state index in [1.807, 2.05) is 0 Å². The largest absolute Gasteiger partial charge is 0.493 e. The molecule has 0 bridgehead atoms. The molecule has 6 heteroatoms. The third-order valence-corrected chi connectivity index (χ3v) is 3.24. The second kappa shape index (κ2) is 6.47. The predicted molar refractivity (Wildman–Crippen MR) is 70.2 cm³/mol. The highest BCUT2D eigenvalue weighted by atomic mass is 79.9. The van der Waals surface area contributed by atoms with Crippen LogP contribution in [-0.4, -0.2) is 33.0 Å². The lowest BCUT2D eigenvalue weighted by atomic mass is 10.1. The molecule has 1 rings (SSSR count). The van der Waals surface area contributed by atoms with Gasteiger partial charge in [0.2, 0.25) is 12.3 Å². The van der Waals surface area contributed by atoms with Crippen molar-refractivity contribution in [3.63, 3.8) is 0 Å². The van der Waals surface area contributed by atoms with Crippen LogP contribution in [-0.2, 0) is 0 Å². The van der Waals surface area contributed by atoms with Crippen molar-refractivity contribution in [1.82, 2.24) is 0 Å². The lowest BCUT2D eigenvalue weighted by Gasteiger charge is -2.17. The quantitative estimate of drug-likeness (QED) is 0.848. The molecule has 0 aromatic heterocycles. The first-order valence-electron chi connectivity index (χ1n) is 5.10. The van der Waals surface area contributed by atoms with E-state index in [9.17, 15) is 5.11 Å². The zero-order chi connectivity index (χ0) is 13.7. The maximum absolute atomic E-state index is 9.91. The second-order valence-electron chi connectivity index (χ2n) is 3.41. The zero-order valence-corrected chi connectivity index (χ0v) is 11.9. The minimum atomic E-state index is -0.911. The van der Waals surface area contributed by atoms with Crippen LogP contribution in [0.25, 0.3) is 4.85 Å². The van der Waals surface area contributed by atoms with Gasteiger partial charge in [-0.2, -0.15) is 0 Å². The summed E-state index contributed by atoms with van der Waals surface area (Å²) in [6.45, 7) is 6.76. The van der Waals surface area contributed by atoms with Gasteiger partial charge in [-0.1, -0.05) is 0 Å². The fourth-order valence-electron chi connectivity index (χ4n) is 1.57. The van der Waals surface area contributed by atoms with Gasteiger partial charge in [-0.25, -0.2) is 6.57 Å². The lowest BCUT2D eigenvalue weighted by molar-refractivity contribution is 0.193. The summed E-state index contributed by atoms with van der Waals surface area (Å²) in [6, 6.07) is 1.63. The number of hydrogen-bond donors (Lipinski definition) is 1. The highest BCUT2D eigenvalue weighted by molar-refractivity contribution is 9.10. The van der Waals surface area contributed by atoms with E-state index in [1.165, 1.54) is 21.3 Å². The molecule has 0 aliphatic rings. The number of methoxy groups -OCH3 is 3. The van der Waals surface area contributed by atoms with E-state index in [-0.39, 0.29) is 6.54 Å². The van der Waals surface area contributed by atoms with Gasteiger partial charge in [-0.15, -0.1) is 0 Å². The van der Waals surface area contributed by atoms with E-state index in [0.29, 0.717) is 27.3 Å². The summed E-state index contributed by atoms with van der Waals surface area (Å²) in [5.74, 6) is 1.30. The molecule has 1 aromatic carbocycles. The van der Waals surface area contributed by atoms with Crippen molar-refractivity contribution in [3.8, 4) is 17.2 Å². The lowest BCUT2D eigenvalue weighted by Crippen LogP contribution is -2.05. The normalized spacial score (nSPS) is 11.6. The summed E-state index contributed by atoms with van der Waals surface area (Å²) in [6.07, 6.45) is -0.911. The van der Waals surface area contributed by atoms with Gasteiger partial charge in [-0.3, -0.25) is 0 Å². The summed E-state index contributed by atoms with van der Waals surface area (Å²) in [5, 5.41) is 9.91. The molecule has 1 unspecified atom stereocenters. The average molecular weight is 316 g/mol. The molecule has 0 radical (unpaired) electrons. The van der Waals surface area contributed by atoms with Crippen molar-refractivity contribution in [3.05, 3.63) is 27.5 Å². The van der Waals surface area contributed by atoms with Gasteiger partial charge in [0.15, 0.2) is 17.6 Å². The van der Waals surface area contributed by atoms with E-state index in [1.54, 1.807) is 6.07 Å². The maximum Gasteiger partial charge on any atom is 0.244 e. The molecule has 0 saturated heterocycles. The molecule has 0 saturated carbocycles. The van der Waals surface area contributed by atoms with Gasteiger partial charge in [0.25, 0.3) is 0 Å². The van der Waals surface area contributed by atoms with Gasteiger partial charge < -0.3 is 24.2 Å². The first-order valence-corrected chi connectivity index (χ1v) is 5.89. The molecule has 0 fully saturated rings. The van der Waals surface area contributed by atoms with Crippen LogP contribution in [0, 0.1) is 6.57 Å². The number of rotatable bonds is 5. The van der Waals surface area contributed by atoms with Crippen LogP contribution < -0.4 is 14.2 Å². The van der Waals surface area contributed by atoms with Crippen LogP contribution >= 0.6 is 15.9 Å². The Bertz CT molecular complexity index is 470. The highest BCUT2D eigenvalue weighted by Gasteiger charge is 2.23. The number of ether oxygens (including phenoxy) is 3. The van der Waals surface area contributed by atoms with Crippen LogP contribution in [0.15, 0.2) is 10.5 Å². The number of halogens is 1. The molecule has 0 aliphatic carbocycles. The molecule has 18 heavy (non-hydrogen) atoms. The summed E-state index contributed by atoms with van der Waals surface area (Å²) >= 11 is 3.34. The van der Waals surface area contributed by atoms with Crippen molar-refractivity contribution >= 4 is 15.9 Å². The first kappa shape index (κ1) is 14.6. The molecule has 0 amide bonds. The summed E-state index contributed by atoms with van der Waals surface area (Å²) < 4.78 is 16.2. The minimum Gasteiger partial charge on any atom is -0.493 e. The topological polar surface area (TPSA) is 52.3 Å². The monoisotopic (exact) mass is 315 g/mol. The van der Waals surface area contributed by atoms with E-state index in [0.717, 1.165) is 0 Å². The van der Waals surface area contributed by atoms with E-state index in [2.05, 4.69) is 20.8 Å². The van der Waals surface area contributed by atoms with Crippen molar-refractivity contribution in [2.75, 3.05) is 27.9 Å². The second-order valence-corrected chi connectivity index (χ2v) is 4.20. The smallest absolute Gasteiger partial charge is 0.244 e. The van der Waals surface area contributed by atoms with E-state index < -0.39 is 6.10 Å². The molecular formula is C12H14BrNO4. The maximum atomic E-state index is 9.91. The Morgan fingerprint density at radius 2 is 1.89 bits per heavy atom. The van der Waals surface area contributed by atoms with Crippen LogP contribution in [0.2, 0.25) is 0 Å². The third kappa shape index (κ3) is 2.68. The molecular weight excluding hydrogens is 302 g/mol. The van der Waals surface area contributed by atoms with E-state index >= 15 is 0 Å². The zero-order valence-electron chi connectivity index (χ0n) is 10.4. The van der Waals surface area contributed by atoms with Crippen LogP contribution in [0.3, 0.4) is 0 Å². The van der Waals surface area contributed by atoms with Crippen LogP contribution in [0.1, 0.15) is 11.7 Å². The van der Waals surface area contributed by atoms with Gasteiger partial charge in [-0.05, 0) is 22.0 Å². The van der Waals surface area contributed by atoms with Crippen molar-refractivity contribution in [1.29, 1.82) is 0 Å². The molecule has 98 valence electrons. The highest BCUT2D eigenvalue weighted by Crippen LogP contribution is 2.46. The molecule has 1 N–H and O–H groups in total. The predicted octanol–water partition coefficient (Wildman–Crippen LogP) is 2.43. The summed E-state index contributed by atoms with van der Waals surface area (Å²) in [7, 11) is 4.49. The fraction of sp³-hybridized carbons (Fsp3) is 0.417. The average Bonchev–Trinajstić information content (AvgIpc) is 2.38. The third-order valence-electron chi connectivity index (χ3n) is 2.42. The van der Waals surface area contributed by atoms with Crippen molar-refractivity contribution in [2.45, 2.75) is 6.10 Å². The number of hydrogen-bond acceptors (Lipinski definition) is 4. The Morgan fingerprint density at radius 1 is 1.28 bits per heavy atom. The van der Waals surface area contributed by atoms with E-state index in [4.69, 9.17) is 20.8 Å². The van der Waals surface area contributed by atoms with Crippen molar-refractivity contribution in [2.24, 2.45) is 0 Å². The Morgan fingerprint density at radius 3 is 2.33 bits per heavy atom. The van der Waals surface area contributed by atoms with Gasteiger partial charge in [0, 0.05) is 5.56 Å². The molecule has 0 aliphatic heterocycles. The minimum absolute atomic E-state index is 0.0305. The van der Waals surface area contributed by atoms with Crippen LogP contribution in [0.4, 0.5) is 0 Å². The number of nitrogens with zero attached hydrogens (tertiary/aromatic N) is 1. The van der Waals surface area contributed by atoms with Crippen molar-refractivity contribution < 1.29 is 19.3 Å². The van der Waals surface area contributed by atoms with Crippen LogP contribution in [0.5, 0.6) is 17.2 Å². The van der Waals surface area contributed by atoms with Gasteiger partial charge in [0.05, 0.1) is 25.8 Å². The first-order chi connectivity index (χ1) is 8.60. The molecule has 5 nitrogen and oxygen atoms in total. The number of benzene rings is 1. The Hall–Kier alpha value is -1.45. The fourth-order valence-corrected chi connectivity index (χ4v) is 2.29. The standard InChI is InChI=1S/C12H14BrNO4/c1-14-6-8(15)7-5-9(16-2)11(17-3)12(18-4)10(7)13/h5,8,15H,6H2,2-4H3.